The van der Waals surface area contributed by atoms with Crippen LogP contribution in [0.4, 0.5) is 0 Å². The van der Waals surface area contributed by atoms with Crippen molar-refractivity contribution in [3.63, 3.8) is 0 Å². The molecule has 0 atom stereocenters. The minimum absolute atomic E-state index is 0.338. The molecular weight excluding hydrogens is 536 g/mol. The Morgan fingerprint density at radius 3 is 1.47 bits per heavy atom. The lowest BCUT2D eigenvalue weighted by Gasteiger charge is -2.31. The fraction of sp³-hybridized carbons (Fsp3) is 0.162. The van der Waals surface area contributed by atoms with Crippen molar-refractivity contribution in [2.75, 3.05) is 0 Å². The van der Waals surface area contributed by atoms with Gasteiger partial charge in [-0.15, -0.1) is 0 Å². The summed E-state index contributed by atoms with van der Waals surface area (Å²) in [6.45, 7) is 4.19. The monoisotopic (exact) mass is 568 g/mol. The summed E-state index contributed by atoms with van der Waals surface area (Å²) in [6.07, 6.45) is 0. The molecule has 6 aromatic rings. The molecule has 6 nitrogen and oxygen atoms in total. The van der Waals surface area contributed by atoms with E-state index in [1.807, 2.05) is 121 Å². The summed E-state index contributed by atoms with van der Waals surface area (Å²) < 4.78 is 12.0. The largest absolute Gasteiger partial charge is 0.487 e. The topological polar surface area (TPSA) is 81.5 Å². The molecule has 6 heteroatoms. The van der Waals surface area contributed by atoms with Crippen LogP contribution < -0.4 is 9.47 Å². The van der Waals surface area contributed by atoms with Gasteiger partial charge in [-0.05, 0) is 73.5 Å². The van der Waals surface area contributed by atoms with Crippen molar-refractivity contribution in [1.29, 1.82) is 0 Å². The number of benzene rings is 4. The van der Waals surface area contributed by atoms with E-state index in [1.54, 1.807) is 13.8 Å². The highest BCUT2D eigenvalue weighted by molar-refractivity contribution is 5.79. The predicted octanol–water partition coefficient (Wildman–Crippen LogP) is 8.18. The van der Waals surface area contributed by atoms with Crippen molar-refractivity contribution in [3.05, 3.63) is 144 Å². The third kappa shape index (κ3) is 6.19. The Balaban J connectivity index is 1.16. The van der Waals surface area contributed by atoms with Gasteiger partial charge in [0.1, 0.15) is 24.7 Å². The van der Waals surface area contributed by atoms with Crippen LogP contribution in [0.1, 0.15) is 42.3 Å². The molecule has 214 valence electrons. The first-order valence-electron chi connectivity index (χ1n) is 14.2. The molecular formula is C37H32N2O4. The maximum absolute atomic E-state index is 12.4. The van der Waals surface area contributed by atoms with Crippen LogP contribution in [-0.2, 0) is 18.0 Å². The number of hydrogen-bond donors (Lipinski definition) is 1. The van der Waals surface area contributed by atoms with E-state index < -0.39 is 17.3 Å². The fourth-order valence-electron chi connectivity index (χ4n) is 5.35. The summed E-state index contributed by atoms with van der Waals surface area (Å²) in [6, 6.07) is 39.3. The third-order valence-corrected chi connectivity index (χ3v) is 7.79. The molecule has 0 radical (unpaired) electrons. The van der Waals surface area contributed by atoms with Crippen molar-refractivity contribution >= 4 is 27.8 Å². The number of rotatable bonds is 10. The molecule has 0 fully saturated rings. The lowest BCUT2D eigenvalue weighted by atomic mass is 9.71. The van der Waals surface area contributed by atoms with E-state index in [2.05, 4.69) is 9.97 Å². The minimum atomic E-state index is -1.06. The lowest BCUT2D eigenvalue weighted by Crippen LogP contribution is -2.32. The molecule has 0 bridgehead atoms. The number of aromatic nitrogens is 2. The standard InChI is InChI=1S/C37H32N2O4/c1-37(2,36(40)41)35(27-13-19-31(20-14-27)42-23-29-17-11-25-7-3-5-9-33(25)38-29)28-15-21-32(22-16-28)43-24-30-18-12-26-8-4-6-10-34(26)39-30/h3-22,35H,23-24H2,1-2H3,(H,40,41). The highest BCUT2D eigenvalue weighted by Gasteiger charge is 2.39. The number of fused-ring (bicyclic) bond motifs is 2. The quantitative estimate of drug-likeness (QED) is 0.179. The van der Waals surface area contributed by atoms with Crippen LogP contribution in [0.25, 0.3) is 21.8 Å². The number of carboxylic acids is 1. The number of aliphatic carboxylic acids is 1. The predicted molar refractivity (Wildman–Crippen MR) is 168 cm³/mol. The zero-order valence-electron chi connectivity index (χ0n) is 24.1. The maximum Gasteiger partial charge on any atom is 0.310 e. The molecule has 0 unspecified atom stereocenters. The van der Waals surface area contributed by atoms with E-state index in [1.165, 1.54) is 0 Å². The molecule has 1 N–H and O–H groups in total. The molecule has 0 aliphatic carbocycles. The Kier molecular flexibility index (Phi) is 7.75. The van der Waals surface area contributed by atoms with Crippen molar-refractivity contribution in [2.24, 2.45) is 5.41 Å². The van der Waals surface area contributed by atoms with Gasteiger partial charge >= 0.3 is 5.97 Å². The number of hydrogen-bond acceptors (Lipinski definition) is 5. The van der Waals surface area contributed by atoms with Gasteiger partial charge in [0, 0.05) is 16.7 Å². The molecule has 2 heterocycles. The van der Waals surface area contributed by atoms with Crippen molar-refractivity contribution in [2.45, 2.75) is 33.0 Å². The zero-order valence-corrected chi connectivity index (χ0v) is 24.1. The number of para-hydroxylation sites is 2. The third-order valence-electron chi connectivity index (χ3n) is 7.79. The van der Waals surface area contributed by atoms with Gasteiger partial charge < -0.3 is 14.6 Å². The van der Waals surface area contributed by atoms with Crippen LogP contribution in [-0.4, -0.2) is 21.0 Å². The molecule has 4 aromatic carbocycles. The Hall–Kier alpha value is -5.23. The summed E-state index contributed by atoms with van der Waals surface area (Å²) in [5.74, 6) is 0.119. The van der Waals surface area contributed by atoms with Gasteiger partial charge in [-0.25, -0.2) is 9.97 Å². The lowest BCUT2D eigenvalue weighted by molar-refractivity contribution is -0.147. The van der Waals surface area contributed by atoms with Crippen molar-refractivity contribution in [1.82, 2.24) is 9.97 Å². The van der Waals surface area contributed by atoms with E-state index in [-0.39, 0.29) is 0 Å². The second-order valence-corrected chi connectivity index (χ2v) is 11.2. The molecule has 0 amide bonds. The molecule has 0 aliphatic rings. The summed E-state index contributed by atoms with van der Waals surface area (Å²) in [4.78, 5) is 21.7. The SMILES string of the molecule is CC(C)(C(=O)O)C(c1ccc(OCc2ccc3ccccc3n2)cc1)c1ccc(OCc2ccc3ccccc3n2)cc1. The van der Waals surface area contributed by atoms with E-state index >= 15 is 0 Å². The summed E-state index contributed by atoms with van der Waals surface area (Å²) in [5, 5.41) is 12.3. The number of carboxylic acid groups (broad SMARTS) is 1. The smallest absolute Gasteiger partial charge is 0.310 e. The van der Waals surface area contributed by atoms with E-state index in [4.69, 9.17) is 9.47 Å². The Bertz CT molecular complexity index is 1760. The van der Waals surface area contributed by atoms with Crippen LogP contribution in [0.2, 0.25) is 0 Å². The number of carbonyl (C=O) groups is 1. The second-order valence-electron chi connectivity index (χ2n) is 11.2. The van der Waals surface area contributed by atoms with Crippen LogP contribution in [0.5, 0.6) is 11.5 Å². The van der Waals surface area contributed by atoms with E-state index in [0.29, 0.717) is 24.7 Å². The molecule has 6 rings (SSSR count). The van der Waals surface area contributed by atoms with Crippen LogP contribution >= 0.6 is 0 Å². The second kappa shape index (κ2) is 11.9. The average molecular weight is 569 g/mol. The molecule has 0 spiro atoms. The highest BCUT2D eigenvalue weighted by Crippen LogP contribution is 2.42. The molecule has 0 saturated heterocycles. The summed E-state index contributed by atoms with van der Waals surface area (Å²) in [5.41, 5.74) is 4.25. The minimum Gasteiger partial charge on any atom is -0.487 e. The van der Waals surface area contributed by atoms with Gasteiger partial charge in [0.05, 0.1) is 27.8 Å². The van der Waals surface area contributed by atoms with Crippen LogP contribution in [0.15, 0.2) is 121 Å². The first-order valence-corrected chi connectivity index (χ1v) is 14.2. The van der Waals surface area contributed by atoms with Gasteiger partial charge in [0.25, 0.3) is 0 Å². The molecule has 0 aliphatic heterocycles. The molecule has 0 saturated carbocycles. The number of nitrogens with zero attached hydrogens (tertiary/aromatic N) is 2. The zero-order chi connectivity index (χ0) is 29.8. The highest BCUT2D eigenvalue weighted by atomic mass is 16.5. The van der Waals surface area contributed by atoms with Gasteiger partial charge in [0.2, 0.25) is 0 Å². The fourth-order valence-corrected chi connectivity index (χ4v) is 5.35. The molecule has 2 aromatic heterocycles. The van der Waals surface area contributed by atoms with Gasteiger partial charge in [-0.3, -0.25) is 4.79 Å². The Labute approximate surface area is 250 Å². The Morgan fingerprint density at radius 1 is 0.628 bits per heavy atom. The average Bonchev–Trinajstić information content (AvgIpc) is 3.04. The first-order chi connectivity index (χ1) is 20.9. The number of pyridine rings is 2. The van der Waals surface area contributed by atoms with Crippen LogP contribution in [0, 0.1) is 5.41 Å². The van der Waals surface area contributed by atoms with Crippen molar-refractivity contribution in [3.8, 4) is 11.5 Å². The number of ether oxygens (including phenoxy) is 2. The van der Waals surface area contributed by atoms with Gasteiger partial charge in [-0.1, -0.05) is 72.8 Å². The first kappa shape index (κ1) is 27.9. The normalized spacial score (nSPS) is 11.6. The Morgan fingerprint density at radius 2 is 1.05 bits per heavy atom. The van der Waals surface area contributed by atoms with Crippen molar-refractivity contribution < 1.29 is 19.4 Å². The summed E-state index contributed by atoms with van der Waals surface area (Å²) in [7, 11) is 0. The summed E-state index contributed by atoms with van der Waals surface area (Å²) >= 11 is 0. The van der Waals surface area contributed by atoms with Crippen LogP contribution in [0.3, 0.4) is 0 Å². The molecule has 43 heavy (non-hydrogen) atoms. The van der Waals surface area contributed by atoms with Gasteiger partial charge in [-0.2, -0.15) is 0 Å². The van der Waals surface area contributed by atoms with Gasteiger partial charge in [0.15, 0.2) is 0 Å². The maximum atomic E-state index is 12.4. The van der Waals surface area contributed by atoms with E-state index in [9.17, 15) is 9.90 Å². The van der Waals surface area contributed by atoms with E-state index in [0.717, 1.165) is 44.3 Å².